The summed E-state index contributed by atoms with van der Waals surface area (Å²) in [7, 11) is -5.27. The third kappa shape index (κ3) is 46.7. The number of hydrogen-bond donors (Lipinski definition) is 9. The van der Waals surface area contributed by atoms with Crippen LogP contribution in [0.4, 0.5) is 0 Å². The van der Waals surface area contributed by atoms with Gasteiger partial charge in [-0.25, -0.2) is 14.2 Å². The first-order chi connectivity index (χ1) is 43.2. The number of phosphoric ester groups is 1. The summed E-state index contributed by atoms with van der Waals surface area (Å²) in [6, 6.07) is -3.61. The summed E-state index contributed by atoms with van der Waals surface area (Å²) in [5.74, 6) is -6.62. The van der Waals surface area contributed by atoms with Gasteiger partial charge in [-0.1, -0.05) is 259 Å². The Kier molecular flexibility index (Phi) is 51.8. The molecule has 0 aromatic heterocycles. The molecule has 0 bridgehead atoms. The first-order valence-corrected chi connectivity index (χ1v) is 36.8. The fourth-order valence-corrected chi connectivity index (χ4v) is 11.6. The molecule has 1 aliphatic heterocycles. The van der Waals surface area contributed by atoms with Crippen molar-refractivity contribution in [1.82, 2.24) is 10.6 Å². The first-order valence-electron chi connectivity index (χ1n) is 35.3. The van der Waals surface area contributed by atoms with Gasteiger partial charge < -0.3 is 69.6 Å². The Bertz CT molecular complexity index is 1900. The van der Waals surface area contributed by atoms with E-state index < -0.39 is 150 Å². The molecule has 9 N–H and O–H groups in total. The molecule has 10 atom stereocenters. The van der Waals surface area contributed by atoms with Crippen LogP contribution in [-0.4, -0.2) is 152 Å². The molecule has 1 heterocycles. The topological polar surface area (TPSA) is 341 Å². The van der Waals surface area contributed by atoms with E-state index >= 15 is 0 Å². The Morgan fingerprint density at radius 1 is 0.467 bits per heavy atom. The number of carboxylic acid groups (broad SMARTS) is 1. The number of aliphatic carboxylic acids is 1. The van der Waals surface area contributed by atoms with Crippen LogP contribution in [0.15, 0.2) is 0 Å². The highest BCUT2D eigenvalue weighted by Gasteiger charge is 2.52. The molecule has 1 aliphatic rings. The summed E-state index contributed by atoms with van der Waals surface area (Å²) < 4.78 is 46.1. The lowest BCUT2D eigenvalue weighted by Gasteiger charge is -2.45. The number of rotatable bonds is 61. The SMILES string of the molecule is CCCCCCCCCCC[C@@H](O)CC(=O)N[C@H]1[C@@H](OCC(=O)O)O[C@H](COC(=O)[C@H](COP(=O)(O)O)NC(=O)C[C@H](O)CCCCCCCCCCC)[C@@H](OC(=O)C[C@H](O)CCCCCCCCCCC)[C@@H]1OC(=O)C[C@H](O)CCCCCCCCCCC. The molecule has 0 aromatic carbocycles. The van der Waals surface area contributed by atoms with E-state index in [9.17, 15) is 68.7 Å². The molecule has 0 aliphatic carbocycles. The average molecular weight is 1310 g/mol. The number of ether oxygens (including phenoxy) is 5. The molecule has 2 amide bonds. The number of carbonyl (C=O) groups is 6. The van der Waals surface area contributed by atoms with Crippen molar-refractivity contribution in [2.75, 3.05) is 19.8 Å². The zero-order chi connectivity index (χ0) is 66.6. The Morgan fingerprint density at radius 2 is 0.800 bits per heavy atom. The number of aliphatic hydroxyl groups excluding tert-OH is 4. The van der Waals surface area contributed by atoms with Crippen LogP contribution in [0.1, 0.15) is 310 Å². The van der Waals surface area contributed by atoms with Gasteiger partial charge in [0.15, 0.2) is 24.5 Å². The van der Waals surface area contributed by atoms with Crippen molar-refractivity contribution >= 4 is 43.5 Å². The molecule has 528 valence electrons. The third-order valence-corrected chi connectivity index (χ3v) is 17.0. The van der Waals surface area contributed by atoms with Crippen LogP contribution >= 0.6 is 7.82 Å². The lowest BCUT2D eigenvalue weighted by molar-refractivity contribution is -0.278. The maximum atomic E-state index is 14.1. The van der Waals surface area contributed by atoms with Gasteiger partial charge in [0.1, 0.15) is 25.4 Å². The van der Waals surface area contributed by atoms with Gasteiger partial charge in [-0.3, -0.25) is 23.7 Å². The number of carboxylic acids is 1. The minimum Gasteiger partial charge on any atom is -0.480 e. The van der Waals surface area contributed by atoms with Gasteiger partial charge in [0.25, 0.3) is 0 Å². The Hall–Kier alpha value is -3.31. The molecule has 22 nitrogen and oxygen atoms in total. The summed E-state index contributed by atoms with van der Waals surface area (Å²) in [6.45, 7) is 5.49. The standard InChI is InChI=1S/C67H125N2O20P/c1-5-9-13-17-21-25-29-33-37-41-52(70)45-58(74)68-56(49-86-90(81,82)83)66(80)84-50-57-64(88-61(78)47-54(72)43-39-35-31-27-23-19-15-11-7-3)65(89-62(79)48-55(73)44-40-36-32-28-24-20-16-12-8-4)63(67(87-57)85-51-60(76)77)69-59(75)46-53(71)42-38-34-30-26-22-18-14-10-6-2/h52-57,63-65,67,70-73H,5-51H2,1-4H3,(H,68,74)(H,69,75)(H,76,77)(H2,81,82,83)/t52-,53-,54-,55-,56+,57-,63-,64-,65-,67+/m1/s1. The van der Waals surface area contributed by atoms with Crippen LogP contribution in [-0.2, 0) is 61.5 Å². The van der Waals surface area contributed by atoms with E-state index in [0.29, 0.717) is 25.7 Å². The predicted octanol–water partition coefficient (Wildman–Crippen LogP) is 11.9. The lowest BCUT2D eigenvalue weighted by atomic mass is 9.95. The van der Waals surface area contributed by atoms with E-state index in [0.717, 1.165) is 154 Å². The fraction of sp³-hybridized carbons (Fsp3) is 0.910. The van der Waals surface area contributed by atoms with E-state index in [1.54, 1.807) is 0 Å². The zero-order valence-electron chi connectivity index (χ0n) is 55.9. The van der Waals surface area contributed by atoms with Gasteiger partial charge in [0.2, 0.25) is 11.8 Å². The van der Waals surface area contributed by atoms with E-state index in [1.165, 1.54) is 51.4 Å². The molecular formula is C67H125N2O20P. The van der Waals surface area contributed by atoms with Gasteiger partial charge in [-0.2, -0.15) is 0 Å². The van der Waals surface area contributed by atoms with Crippen molar-refractivity contribution in [2.24, 2.45) is 0 Å². The number of nitrogens with one attached hydrogen (secondary N) is 2. The lowest BCUT2D eigenvalue weighted by Crippen LogP contribution is -2.67. The normalized spacial score (nSPS) is 18.5. The minimum absolute atomic E-state index is 0.230. The molecule has 0 spiro atoms. The number of aliphatic hydroxyl groups is 4. The molecule has 1 saturated heterocycles. The Labute approximate surface area is 540 Å². The highest BCUT2D eigenvalue weighted by molar-refractivity contribution is 7.46. The fourth-order valence-electron chi connectivity index (χ4n) is 11.3. The second kappa shape index (κ2) is 55.0. The number of unbranched alkanes of at least 4 members (excludes halogenated alkanes) is 32. The highest BCUT2D eigenvalue weighted by Crippen LogP contribution is 2.36. The maximum Gasteiger partial charge on any atom is 0.469 e. The average Bonchev–Trinajstić information content (AvgIpc) is 0.800. The number of amides is 2. The third-order valence-electron chi connectivity index (χ3n) is 16.5. The molecule has 0 radical (unpaired) electrons. The molecule has 0 aromatic rings. The molecular weight excluding hydrogens is 1180 g/mol. The molecule has 0 saturated carbocycles. The number of phosphoric acid groups is 1. The smallest absolute Gasteiger partial charge is 0.469 e. The second-order valence-corrected chi connectivity index (χ2v) is 26.4. The summed E-state index contributed by atoms with van der Waals surface area (Å²) >= 11 is 0. The number of esters is 3. The van der Waals surface area contributed by atoms with E-state index in [2.05, 4.69) is 42.9 Å². The largest absolute Gasteiger partial charge is 0.480 e. The molecule has 1 fully saturated rings. The number of hydrogen-bond acceptors (Lipinski definition) is 17. The molecule has 90 heavy (non-hydrogen) atoms. The number of carbonyl (C=O) groups excluding carboxylic acids is 5. The van der Waals surface area contributed by atoms with E-state index in [1.807, 2.05) is 0 Å². The van der Waals surface area contributed by atoms with Crippen molar-refractivity contribution in [1.29, 1.82) is 0 Å². The van der Waals surface area contributed by atoms with Gasteiger partial charge in [-0.05, 0) is 25.7 Å². The minimum atomic E-state index is -5.27. The monoisotopic (exact) mass is 1310 g/mol. The summed E-state index contributed by atoms with van der Waals surface area (Å²) in [4.78, 5) is 101. The molecule has 1 rings (SSSR count). The summed E-state index contributed by atoms with van der Waals surface area (Å²) in [5.41, 5.74) is 0. The summed E-state index contributed by atoms with van der Waals surface area (Å²) in [5, 5.41) is 58.9. The van der Waals surface area contributed by atoms with Crippen LogP contribution in [0.3, 0.4) is 0 Å². The highest BCUT2D eigenvalue weighted by atomic mass is 31.2. The van der Waals surface area contributed by atoms with Crippen molar-refractivity contribution in [3.05, 3.63) is 0 Å². The first kappa shape index (κ1) is 84.7. The zero-order valence-corrected chi connectivity index (χ0v) is 56.8. The van der Waals surface area contributed by atoms with Gasteiger partial charge in [0.05, 0.1) is 56.7 Å². The van der Waals surface area contributed by atoms with Crippen molar-refractivity contribution in [2.45, 2.75) is 371 Å². The maximum absolute atomic E-state index is 14.1. The van der Waals surface area contributed by atoms with Gasteiger partial charge >= 0.3 is 31.7 Å². The van der Waals surface area contributed by atoms with Crippen molar-refractivity contribution < 1.29 is 96.9 Å². The van der Waals surface area contributed by atoms with Crippen LogP contribution in [0.5, 0.6) is 0 Å². The quantitative estimate of drug-likeness (QED) is 0.0118. The van der Waals surface area contributed by atoms with Crippen molar-refractivity contribution in [3.8, 4) is 0 Å². The van der Waals surface area contributed by atoms with Gasteiger partial charge in [0, 0.05) is 0 Å². The predicted molar refractivity (Wildman–Crippen MR) is 345 cm³/mol. The molecule has 0 unspecified atom stereocenters. The Morgan fingerprint density at radius 3 is 1.16 bits per heavy atom. The van der Waals surface area contributed by atoms with Crippen LogP contribution in [0.2, 0.25) is 0 Å². The molecule has 23 heteroatoms. The Balaban J connectivity index is 3.64. The summed E-state index contributed by atoms with van der Waals surface area (Å²) in [6.07, 6.45) is 23.8. The van der Waals surface area contributed by atoms with Crippen LogP contribution in [0.25, 0.3) is 0 Å². The van der Waals surface area contributed by atoms with Crippen molar-refractivity contribution in [3.63, 3.8) is 0 Å². The van der Waals surface area contributed by atoms with Crippen LogP contribution in [0, 0.1) is 0 Å². The second-order valence-electron chi connectivity index (χ2n) is 25.2. The van der Waals surface area contributed by atoms with E-state index in [4.69, 9.17) is 23.7 Å². The van der Waals surface area contributed by atoms with E-state index in [-0.39, 0.29) is 25.7 Å². The van der Waals surface area contributed by atoms with Gasteiger partial charge in [-0.15, -0.1) is 0 Å². The van der Waals surface area contributed by atoms with Crippen LogP contribution < -0.4 is 10.6 Å².